The minimum atomic E-state index is -0.317. The molecular weight excluding hydrogens is 226 g/mol. The average Bonchev–Trinajstić information content (AvgIpc) is 2.31. The number of aryl methyl sites for hydroxylation is 1. The highest BCUT2D eigenvalue weighted by molar-refractivity contribution is 5.91. The fourth-order valence-corrected chi connectivity index (χ4v) is 1.88. The molecule has 0 bridgehead atoms. The molecule has 0 radical (unpaired) electrons. The Labute approximate surface area is 106 Å². The van der Waals surface area contributed by atoms with Gasteiger partial charge >= 0.3 is 0 Å². The van der Waals surface area contributed by atoms with Crippen LogP contribution in [0.5, 0.6) is 0 Å². The van der Waals surface area contributed by atoms with Crippen molar-refractivity contribution in [1.82, 2.24) is 4.57 Å². The van der Waals surface area contributed by atoms with Crippen LogP contribution in [0, 0.1) is 0 Å². The predicted octanol–water partition coefficient (Wildman–Crippen LogP) is 1.69. The minimum Gasteiger partial charge on any atom is -0.383 e. The van der Waals surface area contributed by atoms with Gasteiger partial charge in [0, 0.05) is 36.3 Å². The Morgan fingerprint density at radius 2 is 2.00 bits per heavy atom. The molecule has 0 fully saturated rings. The highest BCUT2D eigenvalue weighted by atomic mass is 16.1. The van der Waals surface area contributed by atoms with Crippen molar-refractivity contribution in [3.8, 4) is 0 Å². The second kappa shape index (κ2) is 4.46. The van der Waals surface area contributed by atoms with Crippen LogP contribution in [-0.2, 0) is 7.05 Å². The lowest BCUT2D eigenvalue weighted by Crippen LogP contribution is -2.39. The number of nitrogens with zero attached hydrogens (tertiary/aromatic N) is 1. The number of hydrogen-bond acceptors (Lipinski definition) is 3. The molecule has 4 nitrogen and oxygen atoms in total. The van der Waals surface area contributed by atoms with E-state index in [1.807, 2.05) is 38.1 Å². The normalized spacial score (nSPS) is 11.8. The third-order valence-electron chi connectivity index (χ3n) is 2.89. The highest BCUT2D eigenvalue weighted by Crippen LogP contribution is 2.20. The Bertz CT molecular complexity index is 623. The topological polar surface area (TPSA) is 60.0 Å². The zero-order chi connectivity index (χ0) is 13.3. The molecule has 1 heterocycles. The molecular formula is C14H19N3O. The van der Waals surface area contributed by atoms with Gasteiger partial charge in [-0.05, 0) is 19.9 Å². The van der Waals surface area contributed by atoms with E-state index < -0.39 is 0 Å². The molecule has 0 aliphatic rings. The third-order valence-corrected chi connectivity index (χ3v) is 2.89. The number of nitrogens with one attached hydrogen (secondary N) is 1. The quantitative estimate of drug-likeness (QED) is 0.865. The standard InChI is InChI=1S/C14H19N3O/c1-14(2,15)9-16-11-8-13(18)17(3)12-7-5-4-6-10(11)12/h4-8,16H,9,15H2,1-3H3. The molecule has 2 aromatic rings. The van der Waals surface area contributed by atoms with E-state index >= 15 is 0 Å². The lowest BCUT2D eigenvalue weighted by Gasteiger charge is -2.21. The van der Waals surface area contributed by atoms with Crippen LogP contribution in [0.15, 0.2) is 35.1 Å². The molecule has 1 aromatic heterocycles. The van der Waals surface area contributed by atoms with Gasteiger partial charge in [0.2, 0.25) is 0 Å². The van der Waals surface area contributed by atoms with Gasteiger partial charge in [-0.25, -0.2) is 0 Å². The lowest BCUT2D eigenvalue weighted by molar-refractivity contribution is 0.549. The first-order valence-electron chi connectivity index (χ1n) is 6.00. The summed E-state index contributed by atoms with van der Waals surface area (Å²) in [6, 6.07) is 9.45. The molecule has 2 rings (SSSR count). The van der Waals surface area contributed by atoms with Crippen molar-refractivity contribution >= 4 is 16.6 Å². The van der Waals surface area contributed by atoms with Crippen molar-refractivity contribution in [3.63, 3.8) is 0 Å². The Balaban J connectivity index is 2.51. The fraction of sp³-hybridized carbons (Fsp3) is 0.357. The molecule has 0 amide bonds. The monoisotopic (exact) mass is 245 g/mol. The van der Waals surface area contributed by atoms with Gasteiger partial charge < -0.3 is 15.6 Å². The van der Waals surface area contributed by atoms with Crippen molar-refractivity contribution in [2.24, 2.45) is 12.8 Å². The third kappa shape index (κ3) is 2.54. The van der Waals surface area contributed by atoms with E-state index in [4.69, 9.17) is 5.73 Å². The molecule has 4 heteroatoms. The number of aromatic nitrogens is 1. The number of benzene rings is 1. The molecule has 0 saturated heterocycles. The summed E-state index contributed by atoms with van der Waals surface area (Å²) in [7, 11) is 1.78. The van der Waals surface area contributed by atoms with Crippen molar-refractivity contribution in [2.75, 3.05) is 11.9 Å². The number of hydrogen-bond donors (Lipinski definition) is 2. The molecule has 96 valence electrons. The van der Waals surface area contributed by atoms with Gasteiger partial charge in [0.15, 0.2) is 0 Å². The minimum absolute atomic E-state index is 0.0222. The van der Waals surface area contributed by atoms with Crippen molar-refractivity contribution < 1.29 is 0 Å². The van der Waals surface area contributed by atoms with Gasteiger partial charge in [-0.2, -0.15) is 0 Å². The summed E-state index contributed by atoms with van der Waals surface area (Å²) in [5.74, 6) is 0. The SMILES string of the molecule is Cn1c(=O)cc(NCC(C)(C)N)c2ccccc21. The zero-order valence-electron chi connectivity index (χ0n) is 11.0. The van der Waals surface area contributed by atoms with E-state index in [0.717, 1.165) is 16.6 Å². The Kier molecular flexibility index (Phi) is 3.13. The molecule has 0 spiro atoms. The lowest BCUT2D eigenvalue weighted by atomic mass is 10.1. The van der Waals surface area contributed by atoms with Gasteiger partial charge in [0.05, 0.1) is 5.52 Å². The number of para-hydroxylation sites is 1. The highest BCUT2D eigenvalue weighted by Gasteiger charge is 2.12. The first-order valence-corrected chi connectivity index (χ1v) is 6.00. The van der Waals surface area contributed by atoms with Crippen LogP contribution in [0.4, 0.5) is 5.69 Å². The first kappa shape index (κ1) is 12.6. The zero-order valence-corrected chi connectivity index (χ0v) is 11.0. The van der Waals surface area contributed by atoms with Crippen LogP contribution in [0.3, 0.4) is 0 Å². The summed E-state index contributed by atoms with van der Waals surface area (Å²) in [5, 5.41) is 4.29. The summed E-state index contributed by atoms with van der Waals surface area (Å²) in [6.07, 6.45) is 0. The summed E-state index contributed by atoms with van der Waals surface area (Å²) < 4.78 is 1.65. The van der Waals surface area contributed by atoms with Gasteiger partial charge in [0.25, 0.3) is 5.56 Å². The average molecular weight is 245 g/mol. The summed E-state index contributed by atoms with van der Waals surface area (Å²) >= 11 is 0. The van der Waals surface area contributed by atoms with E-state index in [1.165, 1.54) is 0 Å². The number of anilines is 1. The van der Waals surface area contributed by atoms with Gasteiger partial charge in [0.1, 0.15) is 0 Å². The van der Waals surface area contributed by atoms with Crippen LogP contribution >= 0.6 is 0 Å². The van der Waals surface area contributed by atoms with Crippen LogP contribution in [0.1, 0.15) is 13.8 Å². The van der Waals surface area contributed by atoms with Gasteiger partial charge in [-0.3, -0.25) is 4.79 Å². The fourth-order valence-electron chi connectivity index (χ4n) is 1.88. The van der Waals surface area contributed by atoms with E-state index in [1.54, 1.807) is 17.7 Å². The number of nitrogens with two attached hydrogens (primary N) is 1. The van der Waals surface area contributed by atoms with E-state index in [9.17, 15) is 4.79 Å². The first-order chi connectivity index (χ1) is 8.38. The summed E-state index contributed by atoms with van der Waals surface area (Å²) in [5.41, 5.74) is 7.37. The van der Waals surface area contributed by atoms with Crippen LogP contribution in [-0.4, -0.2) is 16.7 Å². The Hall–Kier alpha value is -1.81. The number of fused-ring (bicyclic) bond motifs is 1. The molecule has 3 N–H and O–H groups in total. The second-order valence-corrected chi connectivity index (χ2v) is 5.31. The van der Waals surface area contributed by atoms with Gasteiger partial charge in [-0.1, -0.05) is 18.2 Å². The second-order valence-electron chi connectivity index (χ2n) is 5.31. The van der Waals surface area contributed by atoms with Crippen LogP contribution < -0.4 is 16.6 Å². The molecule has 0 saturated carbocycles. The maximum absolute atomic E-state index is 11.9. The van der Waals surface area contributed by atoms with Crippen LogP contribution in [0.2, 0.25) is 0 Å². The molecule has 0 unspecified atom stereocenters. The van der Waals surface area contributed by atoms with E-state index in [-0.39, 0.29) is 11.1 Å². The van der Waals surface area contributed by atoms with Crippen molar-refractivity contribution in [3.05, 3.63) is 40.7 Å². The largest absolute Gasteiger partial charge is 0.383 e. The molecule has 18 heavy (non-hydrogen) atoms. The maximum Gasteiger partial charge on any atom is 0.252 e. The smallest absolute Gasteiger partial charge is 0.252 e. The van der Waals surface area contributed by atoms with Crippen molar-refractivity contribution in [2.45, 2.75) is 19.4 Å². The molecule has 0 atom stereocenters. The summed E-state index contributed by atoms with van der Waals surface area (Å²) in [4.78, 5) is 11.9. The predicted molar refractivity (Wildman–Crippen MR) is 75.9 cm³/mol. The van der Waals surface area contributed by atoms with Gasteiger partial charge in [-0.15, -0.1) is 0 Å². The molecule has 0 aliphatic heterocycles. The molecule has 1 aromatic carbocycles. The Morgan fingerprint density at radius 3 is 2.67 bits per heavy atom. The van der Waals surface area contributed by atoms with E-state index in [0.29, 0.717) is 6.54 Å². The maximum atomic E-state index is 11.9. The summed E-state index contributed by atoms with van der Waals surface area (Å²) in [6.45, 7) is 4.51. The van der Waals surface area contributed by atoms with Crippen LogP contribution in [0.25, 0.3) is 10.9 Å². The van der Waals surface area contributed by atoms with E-state index in [2.05, 4.69) is 5.32 Å². The van der Waals surface area contributed by atoms with Crippen molar-refractivity contribution in [1.29, 1.82) is 0 Å². The Morgan fingerprint density at radius 1 is 1.33 bits per heavy atom. The molecule has 0 aliphatic carbocycles. The number of pyridine rings is 1. The number of rotatable bonds is 3.